The summed E-state index contributed by atoms with van der Waals surface area (Å²) in [4.78, 5) is 10.1. The molecular formula is C12H16N2O7. The number of nitro groups is 1. The first-order chi connectivity index (χ1) is 9.93. The van der Waals surface area contributed by atoms with Gasteiger partial charge in [0.1, 0.15) is 24.4 Å². The molecule has 5 unspecified atom stereocenters. The number of ether oxygens (including phenoxy) is 1. The number of nitro benzene ring substituents is 1. The zero-order valence-electron chi connectivity index (χ0n) is 10.9. The van der Waals surface area contributed by atoms with Gasteiger partial charge in [-0.15, -0.1) is 0 Å². The van der Waals surface area contributed by atoms with Crippen LogP contribution in [-0.2, 0) is 4.74 Å². The smallest absolute Gasteiger partial charge is 0.271 e. The van der Waals surface area contributed by atoms with Gasteiger partial charge in [-0.2, -0.15) is 0 Å². The molecule has 1 saturated heterocycles. The highest BCUT2D eigenvalue weighted by molar-refractivity contribution is 5.51. The van der Waals surface area contributed by atoms with E-state index < -0.39 is 42.2 Å². The molecule has 1 aliphatic heterocycles. The van der Waals surface area contributed by atoms with Gasteiger partial charge in [-0.25, -0.2) is 0 Å². The Morgan fingerprint density at radius 3 is 2.57 bits per heavy atom. The molecule has 9 nitrogen and oxygen atoms in total. The normalized spacial score (nSPS) is 32.7. The fraction of sp³-hybridized carbons (Fsp3) is 0.500. The monoisotopic (exact) mass is 300 g/mol. The van der Waals surface area contributed by atoms with E-state index in [1.165, 1.54) is 24.3 Å². The van der Waals surface area contributed by atoms with Crippen LogP contribution in [0.25, 0.3) is 0 Å². The highest BCUT2D eigenvalue weighted by atomic mass is 16.6. The molecule has 0 amide bonds. The number of hydrogen-bond acceptors (Lipinski definition) is 8. The summed E-state index contributed by atoms with van der Waals surface area (Å²) >= 11 is 0. The fourth-order valence-corrected chi connectivity index (χ4v) is 2.09. The Bertz CT molecular complexity index is 510. The second kappa shape index (κ2) is 6.33. The van der Waals surface area contributed by atoms with Crippen LogP contribution in [0.1, 0.15) is 0 Å². The van der Waals surface area contributed by atoms with Crippen LogP contribution in [0.15, 0.2) is 24.3 Å². The predicted molar refractivity (Wildman–Crippen MR) is 70.5 cm³/mol. The molecule has 0 saturated carbocycles. The summed E-state index contributed by atoms with van der Waals surface area (Å²) in [5, 5.41) is 51.6. The summed E-state index contributed by atoms with van der Waals surface area (Å²) in [6.07, 6.45) is -6.58. The number of hydrogen-bond donors (Lipinski definition) is 5. The molecule has 21 heavy (non-hydrogen) atoms. The first-order valence-electron chi connectivity index (χ1n) is 6.25. The van der Waals surface area contributed by atoms with Gasteiger partial charge in [0.2, 0.25) is 0 Å². The van der Waals surface area contributed by atoms with E-state index in [9.17, 15) is 25.4 Å². The average molecular weight is 300 g/mol. The Balaban J connectivity index is 2.14. The SMILES string of the molecule is O=[N+]([O-])c1cccc(NC2OC(CO)C(O)C(O)C2O)c1. The Morgan fingerprint density at radius 2 is 1.95 bits per heavy atom. The largest absolute Gasteiger partial charge is 0.394 e. The van der Waals surface area contributed by atoms with Crippen molar-refractivity contribution in [1.82, 2.24) is 0 Å². The van der Waals surface area contributed by atoms with Crippen molar-refractivity contribution in [2.75, 3.05) is 11.9 Å². The number of non-ortho nitro benzene ring substituents is 1. The third-order valence-electron chi connectivity index (χ3n) is 3.26. The van der Waals surface area contributed by atoms with Crippen LogP contribution >= 0.6 is 0 Å². The third kappa shape index (κ3) is 3.28. The third-order valence-corrected chi connectivity index (χ3v) is 3.26. The summed E-state index contributed by atoms with van der Waals surface area (Å²) in [7, 11) is 0. The summed E-state index contributed by atoms with van der Waals surface area (Å²) in [5.41, 5.74) is 0.151. The van der Waals surface area contributed by atoms with E-state index >= 15 is 0 Å². The van der Waals surface area contributed by atoms with Crippen LogP contribution in [0, 0.1) is 10.1 Å². The van der Waals surface area contributed by atoms with E-state index in [4.69, 9.17) is 9.84 Å². The van der Waals surface area contributed by atoms with Crippen molar-refractivity contribution < 1.29 is 30.1 Å². The maximum Gasteiger partial charge on any atom is 0.271 e. The van der Waals surface area contributed by atoms with Gasteiger partial charge in [0.25, 0.3) is 5.69 Å². The second-order valence-electron chi connectivity index (χ2n) is 4.70. The molecule has 5 atom stereocenters. The Labute approximate surface area is 119 Å². The number of aliphatic hydroxyl groups excluding tert-OH is 4. The number of aliphatic hydroxyl groups is 4. The summed E-state index contributed by atoms with van der Waals surface area (Å²) in [5.74, 6) is 0. The minimum absolute atomic E-state index is 0.149. The standard InChI is InChI=1S/C12H16N2O7/c15-5-8-9(16)10(17)11(18)12(21-8)13-6-2-1-3-7(4-6)14(19)20/h1-4,8-13,15-18H,5H2. The lowest BCUT2D eigenvalue weighted by Gasteiger charge is -2.40. The van der Waals surface area contributed by atoms with Crippen LogP contribution in [-0.4, -0.2) is 62.6 Å². The van der Waals surface area contributed by atoms with Gasteiger partial charge in [-0.3, -0.25) is 10.1 Å². The van der Waals surface area contributed by atoms with Gasteiger partial charge in [-0.05, 0) is 6.07 Å². The van der Waals surface area contributed by atoms with E-state index in [-0.39, 0.29) is 5.69 Å². The van der Waals surface area contributed by atoms with Crippen LogP contribution in [0.4, 0.5) is 11.4 Å². The molecule has 0 bridgehead atoms. The van der Waals surface area contributed by atoms with Crippen molar-refractivity contribution in [3.63, 3.8) is 0 Å². The van der Waals surface area contributed by atoms with Crippen molar-refractivity contribution in [2.24, 2.45) is 0 Å². The van der Waals surface area contributed by atoms with Crippen LogP contribution < -0.4 is 5.32 Å². The van der Waals surface area contributed by atoms with Crippen molar-refractivity contribution in [2.45, 2.75) is 30.6 Å². The van der Waals surface area contributed by atoms with Crippen LogP contribution in [0.2, 0.25) is 0 Å². The van der Waals surface area contributed by atoms with Gasteiger partial charge in [0, 0.05) is 17.8 Å². The summed E-state index contributed by atoms with van der Waals surface area (Å²) in [6.45, 7) is -0.544. The lowest BCUT2D eigenvalue weighted by Crippen LogP contribution is -2.60. The lowest BCUT2D eigenvalue weighted by atomic mass is 9.98. The molecular weight excluding hydrogens is 284 g/mol. The van der Waals surface area contributed by atoms with Gasteiger partial charge in [-0.1, -0.05) is 6.07 Å². The number of rotatable bonds is 4. The molecule has 116 valence electrons. The predicted octanol–water partition coefficient (Wildman–Crippen LogP) is -1.19. The van der Waals surface area contributed by atoms with Crippen molar-refractivity contribution >= 4 is 11.4 Å². The lowest BCUT2D eigenvalue weighted by molar-refractivity contribution is -0.384. The molecule has 1 aliphatic rings. The van der Waals surface area contributed by atoms with Gasteiger partial charge in [0.15, 0.2) is 6.23 Å². The molecule has 1 fully saturated rings. The number of nitrogens with zero attached hydrogens (tertiary/aromatic N) is 1. The van der Waals surface area contributed by atoms with E-state index in [0.29, 0.717) is 5.69 Å². The molecule has 0 spiro atoms. The number of anilines is 1. The van der Waals surface area contributed by atoms with Crippen molar-refractivity contribution in [3.8, 4) is 0 Å². The molecule has 5 N–H and O–H groups in total. The molecule has 0 aliphatic carbocycles. The topological polar surface area (TPSA) is 145 Å². The molecule has 2 rings (SSSR count). The maximum absolute atomic E-state index is 10.7. The number of benzene rings is 1. The van der Waals surface area contributed by atoms with Crippen LogP contribution in [0.5, 0.6) is 0 Å². The molecule has 1 heterocycles. The van der Waals surface area contributed by atoms with E-state index in [1.54, 1.807) is 0 Å². The molecule has 0 aromatic heterocycles. The molecule has 1 aromatic carbocycles. The van der Waals surface area contributed by atoms with E-state index in [0.717, 1.165) is 0 Å². The Hall–Kier alpha value is -1.78. The van der Waals surface area contributed by atoms with E-state index in [2.05, 4.69) is 5.32 Å². The average Bonchev–Trinajstić information content (AvgIpc) is 2.48. The fourth-order valence-electron chi connectivity index (χ4n) is 2.09. The zero-order chi connectivity index (χ0) is 15.6. The maximum atomic E-state index is 10.7. The minimum Gasteiger partial charge on any atom is -0.394 e. The summed E-state index contributed by atoms with van der Waals surface area (Å²) in [6, 6.07) is 5.51. The van der Waals surface area contributed by atoms with Gasteiger partial charge < -0.3 is 30.5 Å². The van der Waals surface area contributed by atoms with Crippen molar-refractivity contribution in [1.29, 1.82) is 0 Å². The van der Waals surface area contributed by atoms with Gasteiger partial charge in [0.05, 0.1) is 11.5 Å². The zero-order valence-corrected chi connectivity index (χ0v) is 10.9. The first kappa shape index (κ1) is 15.6. The Kier molecular flexibility index (Phi) is 4.70. The van der Waals surface area contributed by atoms with Crippen molar-refractivity contribution in [3.05, 3.63) is 34.4 Å². The van der Waals surface area contributed by atoms with E-state index in [1.807, 2.05) is 0 Å². The quantitative estimate of drug-likeness (QED) is 0.344. The second-order valence-corrected chi connectivity index (χ2v) is 4.70. The number of nitrogens with one attached hydrogen (secondary N) is 1. The first-order valence-corrected chi connectivity index (χ1v) is 6.25. The van der Waals surface area contributed by atoms with Gasteiger partial charge >= 0.3 is 0 Å². The Morgan fingerprint density at radius 1 is 1.24 bits per heavy atom. The highest BCUT2D eigenvalue weighted by Gasteiger charge is 2.43. The highest BCUT2D eigenvalue weighted by Crippen LogP contribution is 2.24. The van der Waals surface area contributed by atoms with Crippen LogP contribution in [0.3, 0.4) is 0 Å². The molecule has 1 aromatic rings. The molecule has 9 heteroatoms. The summed E-state index contributed by atoms with van der Waals surface area (Å²) < 4.78 is 5.24. The minimum atomic E-state index is -1.51. The molecule has 0 radical (unpaired) electrons.